The van der Waals surface area contributed by atoms with Crippen molar-refractivity contribution in [1.82, 2.24) is 4.90 Å². The lowest BCUT2D eigenvalue weighted by Crippen LogP contribution is -2.35. The van der Waals surface area contributed by atoms with E-state index in [2.05, 4.69) is 6.58 Å². The van der Waals surface area contributed by atoms with Crippen LogP contribution in [0.1, 0.15) is 0 Å². The van der Waals surface area contributed by atoms with Crippen LogP contribution in [0.4, 0.5) is 0 Å². The van der Waals surface area contributed by atoms with Crippen LogP contribution in [0.5, 0.6) is 0 Å². The van der Waals surface area contributed by atoms with Crippen LogP contribution in [0.25, 0.3) is 0 Å². The minimum Gasteiger partial charge on any atom is -0.338 e. The molecule has 1 amide bonds. The fraction of sp³-hybridized carbons (Fsp3) is 0.571. The molecular weight excluding hydrogens is 139 g/mol. The first-order chi connectivity index (χ1) is 5.26. The molecular formula is C7H13BN2O. The molecule has 0 rings (SSSR count). The van der Waals surface area contributed by atoms with Gasteiger partial charge in [0, 0.05) is 19.6 Å². The molecule has 2 N–H and O–H groups in total. The van der Waals surface area contributed by atoms with Crippen LogP contribution < -0.4 is 5.73 Å². The van der Waals surface area contributed by atoms with Crippen molar-refractivity contribution in [3.63, 3.8) is 0 Å². The largest absolute Gasteiger partial charge is 0.338 e. The summed E-state index contributed by atoms with van der Waals surface area (Å²) in [7, 11) is 5.17. The third kappa shape index (κ3) is 3.83. The zero-order valence-electron chi connectivity index (χ0n) is 6.62. The van der Waals surface area contributed by atoms with E-state index in [1.54, 1.807) is 11.0 Å². The summed E-state index contributed by atoms with van der Waals surface area (Å²) in [5.74, 6) is -0.0876. The van der Waals surface area contributed by atoms with Crippen molar-refractivity contribution in [3.8, 4) is 0 Å². The molecule has 4 heteroatoms. The van der Waals surface area contributed by atoms with E-state index in [0.717, 1.165) is 0 Å². The minimum atomic E-state index is -0.0876. The maximum Gasteiger partial charge on any atom is 0.214 e. The van der Waals surface area contributed by atoms with Gasteiger partial charge in [0.05, 0.1) is 7.85 Å². The molecule has 0 aromatic heterocycles. The predicted octanol–water partition coefficient (Wildman–Crippen LogP) is -0.453. The van der Waals surface area contributed by atoms with Crippen LogP contribution in [0.2, 0.25) is 6.32 Å². The second-order valence-electron chi connectivity index (χ2n) is 2.12. The summed E-state index contributed by atoms with van der Waals surface area (Å²) in [6, 6.07) is 0. The molecule has 0 bridgehead atoms. The molecule has 0 saturated carbocycles. The SMILES string of the molecule is [B]CC(=O)N(CC=C)CCN. The van der Waals surface area contributed by atoms with Crippen molar-refractivity contribution in [3.05, 3.63) is 12.7 Å². The van der Waals surface area contributed by atoms with Crippen molar-refractivity contribution in [1.29, 1.82) is 0 Å². The molecule has 0 aliphatic heterocycles. The monoisotopic (exact) mass is 152 g/mol. The Morgan fingerprint density at radius 1 is 1.73 bits per heavy atom. The molecule has 0 heterocycles. The molecule has 0 aromatic carbocycles. The Labute approximate surface area is 68.7 Å². The Kier molecular flexibility index (Phi) is 5.56. The highest BCUT2D eigenvalue weighted by Gasteiger charge is 2.06. The maximum atomic E-state index is 11.0. The van der Waals surface area contributed by atoms with E-state index in [9.17, 15) is 4.79 Å². The highest BCUT2D eigenvalue weighted by atomic mass is 16.2. The standard InChI is InChI=1S/C7H13BN2O/c1-2-4-10(5-3-9)7(11)6-8/h2H,1,3-6,9H2. The summed E-state index contributed by atoms with van der Waals surface area (Å²) in [6.07, 6.45) is 1.69. The zero-order valence-corrected chi connectivity index (χ0v) is 6.62. The summed E-state index contributed by atoms with van der Waals surface area (Å²) < 4.78 is 0. The average molecular weight is 152 g/mol. The van der Waals surface area contributed by atoms with Gasteiger partial charge in [0.25, 0.3) is 0 Å². The van der Waals surface area contributed by atoms with Crippen molar-refractivity contribution in [2.45, 2.75) is 6.32 Å². The zero-order chi connectivity index (χ0) is 8.69. The number of carbonyl (C=O) groups excluding carboxylic acids is 1. The van der Waals surface area contributed by atoms with E-state index in [1.165, 1.54) is 0 Å². The Hall–Kier alpha value is -0.765. The van der Waals surface area contributed by atoms with Crippen molar-refractivity contribution < 1.29 is 4.79 Å². The number of amides is 1. The van der Waals surface area contributed by atoms with Crippen LogP contribution in [0.15, 0.2) is 12.7 Å². The molecule has 0 saturated heterocycles. The second kappa shape index (κ2) is 5.98. The molecule has 0 aromatic rings. The van der Waals surface area contributed by atoms with Gasteiger partial charge in [0.1, 0.15) is 0 Å². The van der Waals surface area contributed by atoms with Gasteiger partial charge in [-0.3, -0.25) is 4.79 Å². The lowest BCUT2D eigenvalue weighted by atomic mass is 10.0. The number of carbonyl (C=O) groups is 1. The van der Waals surface area contributed by atoms with Gasteiger partial charge in [-0.15, -0.1) is 6.58 Å². The van der Waals surface area contributed by atoms with Crippen molar-refractivity contribution in [2.24, 2.45) is 5.73 Å². The van der Waals surface area contributed by atoms with E-state index in [0.29, 0.717) is 19.6 Å². The first-order valence-electron chi connectivity index (χ1n) is 3.55. The molecule has 0 unspecified atom stereocenters. The van der Waals surface area contributed by atoms with Crippen LogP contribution in [0, 0.1) is 0 Å². The van der Waals surface area contributed by atoms with Gasteiger partial charge in [-0.1, -0.05) is 6.08 Å². The summed E-state index contributed by atoms with van der Waals surface area (Å²) >= 11 is 0. The number of hydrogen-bond acceptors (Lipinski definition) is 2. The van der Waals surface area contributed by atoms with E-state index >= 15 is 0 Å². The fourth-order valence-electron chi connectivity index (χ4n) is 0.759. The summed E-state index contributed by atoms with van der Waals surface area (Å²) in [5.41, 5.74) is 5.28. The van der Waals surface area contributed by atoms with E-state index in [4.69, 9.17) is 13.6 Å². The predicted molar refractivity (Wildman–Crippen MR) is 46.4 cm³/mol. The maximum absolute atomic E-state index is 11.0. The lowest BCUT2D eigenvalue weighted by molar-refractivity contribution is -0.128. The lowest BCUT2D eigenvalue weighted by Gasteiger charge is -2.19. The molecule has 0 atom stereocenters. The van der Waals surface area contributed by atoms with Gasteiger partial charge in [-0.2, -0.15) is 0 Å². The normalized spacial score (nSPS) is 9.18. The van der Waals surface area contributed by atoms with Gasteiger partial charge in [0.15, 0.2) is 0 Å². The number of nitrogens with two attached hydrogens (primary N) is 1. The van der Waals surface area contributed by atoms with Crippen molar-refractivity contribution >= 4 is 13.8 Å². The van der Waals surface area contributed by atoms with Gasteiger partial charge in [-0.25, -0.2) is 0 Å². The average Bonchev–Trinajstić information content (AvgIpc) is 2.03. The molecule has 0 aliphatic carbocycles. The smallest absolute Gasteiger partial charge is 0.214 e. The van der Waals surface area contributed by atoms with Gasteiger partial charge in [0.2, 0.25) is 5.91 Å². The molecule has 3 nitrogen and oxygen atoms in total. The summed E-state index contributed by atoms with van der Waals surface area (Å²) in [6.45, 7) is 5.05. The summed E-state index contributed by atoms with van der Waals surface area (Å²) in [5, 5.41) is 0. The number of nitrogens with zero attached hydrogens (tertiary/aromatic N) is 1. The Morgan fingerprint density at radius 3 is 2.73 bits per heavy atom. The van der Waals surface area contributed by atoms with E-state index in [1.807, 2.05) is 0 Å². The van der Waals surface area contributed by atoms with Gasteiger partial charge < -0.3 is 10.6 Å². The van der Waals surface area contributed by atoms with E-state index < -0.39 is 0 Å². The molecule has 60 valence electrons. The summed E-state index contributed by atoms with van der Waals surface area (Å²) in [4.78, 5) is 12.6. The first-order valence-corrected chi connectivity index (χ1v) is 3.55. The topological polar surface area (TPSA) is 46.3 Å². The number of hydrogen-bond donors (Lipinski definition) is 1. The highest BCUT2D eigenvalue weighted by Crippen LogP contribution is 1.91. The fourth-order valence-corrected chi connectivity index (χ4v) is 0.759. The molecule has 2 radical (unpaired) electrons. The molecule has 0 spiro atoms. The van der Waals surface area contributed by atoms with Crippen LogP contribution in [0.3, 0.4) is 0 Å². The Balaban J connectivity index is 3.86. The Morgan fingerprint density at radius 2 is 2.36 bits per heavy atom. The van der Waals surface area contributed by atoms with Gasteiger partial charge in [-0.05, 0) is 6.32 Å². The quantitative estimate of drug-likeness (QED) is 0.428. The number of rotatable bonds is 5. The van der Waals surface area contributed by atoms with Crippen molar-refractivity contribution in [2.75, 3.05) is 19.6 Å². The third-order valence-corrected chi connectivity index (χ3v) is 1.28. The van der Waals surface area contributed by atoms with Crippen LogP contribution >= 0.6 is 0 Å². The van der Waals surface area contributed by atoms with Crippen LogP contribution in [-0.2, 0) is 4.79 Å². The molecule has 0 fully saturated rings. The highest BCUT2D eigenvalue weighted by molar-refractivity contribution is 6.19. The molecule has 0 aliphatic rings. The Bertz CT molecular complexity index is 138. The third-order valence-electron chi connectivity index (χ3n) is 1.28. The van der Waals surface area contributed by atoms with Crippen LogP contribution in [-0.4, -0.2) is 38.3 Å². The molecule has 11 heavy (non-hydrogen) atoms. The minimum absolute atomic E-state index is 0.0356. The van der Waals surface area contributed by atoms with Gasteiger partial charge >= 0.3 is 0 Å². The second-order valence-corrected chi connectivity index (χ2v) is 2.12. The van der Waals surface area contributed by atoms with E-state index in [-0.39, 0.29) is 12.2 Å². The first kappa shape index (κ1) is 10.2.